The second kappa shape index (κ2) is 3.69. The van der Waals surface area contributed by atoms with Crippen molar-refractivity contribution in [3.63, 3.8) is 0 Å². The smallest absolute Gasteiger partial charge is 0.371 e. The van der Waals surface area contributed by atoms with Crippen LogP contribution < -0.4 is 0 Å². The van der Waals surface area contributed by atoms with Crippen molar-refractivity contribution < 1.29 is 15.0 Å². The summed E-state index contributed by atoms with van der Waals surface area (Å²) in [7, 11) is 1.76. The standard InChI is InChI=1S/C11H10N2O3/c1-13-8-5-3-2-4-7(8)12-10(13)6-9(14)11(15)16/h2-6,14H,1H3,(H,15,16)/b9-6-. The Hall–Kier alpha value is -2.30. The molecule has 1 heterocycles. The fraction of sp³-hybridized carbons (Fsp3) is 0.0909. The second-order valence-corrected chi connectivity index (χ2v) is 3.35. The SMILES string of the molecule is Cn1c(/C=C(\O)C(=O)O)nc2ccccc21. The Labute approximate surface area is 91.3 Å². The van der Waals surface area contributed by atoms with Crippen molar-refractivity contribution in [2.45, 2.75) is 0 Å². The normalized spacial score (nSPS) is 11.9. The van der Waals surface area contributed by atoms with Gasteiger partial charge < -0.3 is 14.8 Å². The number of benzene rings is 1. The molecular weight excluding hydrogens is 208 g/mol. The number of aliphatic carboxylic acids is 1. The van der Waals surface area contributed by atoms with Crippen molar-refractivity contribution in [3.05, 3.63) is 35.8 Å². The Morgan fingerprint density at radius 1 is 1.38 bits per heavy atom. The van der Waals surface area contributed by atoms with Gasteiger partial charge in [-0.05, 0) is 12.1 Å². The van der Waals surface area contributed by atoms with E-state index in [2.05, 4.69) is 4.98 Å². The second-order valence-electron chi connectivity index (χ2n) is 3.35. The predicted octanol–water partition coefficient (Wildman–Crippen LogP) is 1.56. The zero-order chi connectivity index (χ0) is 11.7. The molecule has 0 unspecified atom stereocenters. The molecule has 1 aromatic heterocycles. The summed E-state index contributed by atoms with van der Waals surface area (Å²) >= 11 is 0. The first-order chi connectivity index (χ1) is 7.59. The highest BCUT2D eigenvalue weighted by Crippen LogP contribution is 2.15. The molecule has 2 N–H and O–H groups in total. The van der Waals surface area contributed by atoms with Gasteiger partial charge in [0.15, 0.2) is 0 Å². The minimum Gasteiger partial charge on any atom is -0.502 e. The molecule has 0 spiro atoms. The van der Waals surface area contributed by atoms with Gasteiger partial charge in [-0.3, -0.25) is 0 Å². The number of aliphatic hydroxyl groups is 1. The highest BCUT2D eigenvalue weighted by atomic mass is 16.4. The lowest BCUT2D eigenvalue weighted by atomic mass is 10.3. The summed E-state index contributed by atoms with van der Waals surface area (Å²) in [5, 5.41) is 17.7. The van der Waals surface area contributed by atoms with Gasteiger partial charge >= 0.3 is 5.97 Å². The summed E-state index contributed by atoms with van der Waals surface area (Å²) in [5.41, 5.74) is 1.64. The Balaban J connectivity index is 2.58. The van der Waals surface area contributed by atoms with Crippen LogP contribution in [0.4, 0.5) is 0 Å². The van der Waals surface area contributed by atoms with Crippen LogP contribution in [0.3, 0.4) is 0 Å². The lowest BCUT2D eigenvalue weighted by molar-refractivity contribution is -0.135. The molecule has 2 rings (SSSR count). The number of nitrogens with zero attached hydrogens (tertiary/aromatic N) is 2. The van der Waals surface area contributed by atoms with E-state index < -0.39 is 11.7 Å². The maximum Gasteiger partial charge on any atom is 0.371 e. The Bertz CT molecular complexity index is 584. The van der Waals surface area contributed by atoms with Gasteiger partial charge in [-0.1, -0.05) is 12.1 Å². The van der Waals surface area contributed by atoms with E-state index in [0.29, 0.717) is 5.82 Å². The number of imidazole rings is 1. The molecule has 16 heavy (non-hydrogen) atoms. The number of fused-ring (bicyclic) bond motifs is 1. The Morgan fingerprint density at radius 2 is 2.06 bits per heavy atom. The van der Waals surface area contributed by atoms with Crippen LogP contribution in [0.2, 0.25) is 0 Å². The van der Waals surface area contributed by atoms with E-state index in [0.717, 1.165) is 17.1 Å². The highest BCUT2D eigenvalue weighted by Gasteiger charge is 2.09. The van der Waals surface area contributed by atoms with E-state index in [4.69, 9.17) is 10.2 Å². The van der Waals surface area contributed by atoms with Crippen LogP contribution in [0.5, 0.6) is 0 Å². The average molecular weight is 218 g/mol. The summed E-state index contributed by atoms with van der Waals surface area (Å²) in [6.07, 6.45) is 1.13. The highest BCUT2D eigenvalue weighted by molar-refractivity contribution is 5.89. The van der Waals surface area contributed by atoms with Gasteiger partial charge in [-0.15, -0.1) is 0 Å². The Morgan fingerprint density at radius 3 is 2.69 bits per heavy atom. The summed E-state index contributed by atoms with van der Waals surface area (Å²) in [4.78, 5) is 14.7. The number of para-hydroxylation sites is 2. The molecule has 0 aliphatic rings. The first kappa shape index (κ1) is 10.2. The number of aromatic nitrogens is 2. The number of aryl methyl sites for hydroxylation is 1. The number of carboxylic acid groups (broad SMARTS) is 1. The molecule has 0 atom stereocenters. The van der Waals surface area contributed by atoms with Crippen LogP contribution in [0, 0.1) is 0 Å². The lowest BCUT2D eigenvalue weighted by Crippen LogP contribution is -2.00. The molecule has 0 saturated carbocycles. The maximum atomic E-state index is 10.5. The van der Waals surface area contributed by atoms with Crippen molar-refractivity contribution >= 4 is 23.1 Å². The molecule has 0 amide bonds. The minimum absolute atomic E-state index is 0.404. The summed E-state index contributed by atoms with van der Waals surface area (Å²) in [6, 6.07) is 7.41. The van der Waals surface area contributed by atoms with E-state index in [9.17, 15) is 4.79 Å². The summed E-state index contributed by atoms with van der Waals surface area (Å²) in [5.74, 6) is -1.69. The fourth-order valence-electron chi connectivity index (χ4n) is 1.48. The van der Waals surface area contributed by atoms with Crippen LogP contribution in [0.1, 0.15) is 5.82 Å². The van der Waals surface area contributed by atoms with Crippen molar-refractivity contribution in [3.8, 4) is 0 Å². The third-order valence-corrected chi connectivity index (χ3v) is 2.31. The van der Waals surface area contributed by atoms with Gasteiger partial charge in [0.05, 0.1) is 11.0 Å². The summed E-state index contributed by atoms with van der Waals surface area (Å²) in [6.45, 7) is 0. The van der Waals surface area contributed by atoms with Gasteiger partial charge in [0.1, 0.15) is 5.82 Å². The average Bonchev–Trinajstić information content (AvgIpc) is 2.56. The maximum absolute atomic E-state index is 10.5. The molecular formula is C11H10N2O3. The number of hydrogen-bond acceptors (Lipinski definition) is 3. The summed E-state index contributed by atoms with van der Waals surface area (Å²) < 4.78 is 1.72. The molecule has 82 valence electrons. The number of aliphatic hydroxyl groups excluding tert-OH is 1. The third-order valence-electron chi connectivity index (χ3n) is 2.31. The van der Waals surface area contributed by atoms with Crippen molar-refractivity contribution in [1.29, 1.82) is 0 Å². The topological polar surface area (TPSA) is 75.4 Å². The van der Waals surface area contributed by atoms with E-state index >= 15 is 0 Å². The zero-order valence-electron chi connectivity index (χ0n) is 8.58. The molecule has 0 radical (unpaired) electrons. The van der Waals surface area contributed by atoms with Gasteiger partial charge in [0, 0.05) is 13.1 Å². The number of carbonyl (C=O) groups is 1. The van der Waals surface area contributed by atoms with E-state index in [-0.39, 0.29) is 0 Å². The molecule has 0 aliphatic heterocycles. The minimum atomic E-state index is -1.37. The first-order valence-corrected chi connectivity index (χ1v) is 4.65. The quantitative estimate of drug-likeness (QED) is 0.592. The Kier molecular flexibility index (Phi) is 2.36. The number of carboxylic acids is 1. The van der Waals surface area contributed by atoms with Crippen molar-refractivity contribution in [1.82, 2.24) is 9.55 Å². The number of rotatable bonds is 2. The third kappa shape index (κ3) is 1.63. The van der Waals surface area contributed by atoms with Crippen LogP contribution in [0.25, 0.3) is 17.1 Å². The molecule has 2 aromatic rings. The van der Waals surface area contributed by atoms with Crippen LogP contribution >= 0.6 is 0 Å². The fourth-order valence-corrected chi connectivity index (χ4v) is 1.48. The van der Waals surface area contributed by atoms with Gasteiger partial charge in [0.25, 0.3) is 0 Å². The molecule has 0 bridgehead atoms. The monoisotopic (exact) mass is 218 g/mol. The molecule has 1 aromatic carbocycles. The van der Waals surface area contributed by atoms with Crippen molar-refractivity contribution in [2.75, 3.05) is 0 Å². The van der Waals surface area contributed by atoms with Gasteiger partial charge in [-0.25, -0.2) is 9.78 Å². The molecule has 0 fully saturated rings. The van der Waals surface area contributed by atoms with Crippen LogP contribution in [0.15, 0.2) is 30.0 Å². The largest absolute Gasteiger partial charge is 0.502 e. The van der Waals surface area contributed by atoms with E-state index in [1.54, 1.807) is 11.6 Å². The van der Waals surface area contributed by atoms with Gasteiger partial charge in [-0.2, -0.15) is 0 Å². The lowest BCUT2D eigenvalue weighted by Gasteiger charge is -1.96. The number of hydrogen-bond donors (Lipinski definition) is 2. The van der Waals surface area contributed by atoms with E-state index in [1.807, 2.05) is 24.3 Å². The van der Waals surface area contributed by atoms with Crippen LogP contribution in [-0.4, -0.2) is 25.7 Å². The molecule has 0 saturated heterocycles. The van der Waals surface area contributed by atoms with E-state index in [1.165, 1.54) is 0 Å². The molecule has 5 heteroatoms. The zero-order valence-corrected chi connectivity index (χ0v) is 8.58. The predicted molar refractivity (Wildman–Crippen MR) is 59.0 cm³/mol. The van der Waals surface area contributed by atoms with Gasteiger partial charge in [0.2, 0.25) is 5.76 Å². The molecule has 5 nitrogen and oxygen atoms in total. The van der Waals surface area contributed by atoms with Crippen LogP contribution in [-0.2, 0) is 11.8 Å². The molecule has 0 aliphatic carbocycles. The van der Waals surface area contributed by atoms with Crippen molar-refractivity contribution in [2.24, 2.45) is 7.05 Å². The first-order valence-electron chi connectivity index (χ1n) is 4.65.